The Kier molecular flexibility index (Phi) is 7.82. The molecule has 0 aliphatic heterocycles. The lowest BCUT2D eigenvalue weighted by Gasteiger charge is -2.18. The third-order valence-corrected chi connectivity index (χ3v) is 6.14. The average molecular weight is 365 g/mol. The van der Waals surface area contributed by atoms with Crippen LogP contribution in [0.15, 0.2) is 58.3 Å². The van der Waals surface area contributed by atoms with Gasteiger partial charge in [0.25, 0.3) is 0 Å². The van der Waals surface area contributed by atoms with Crippen LogP contribution in [0, 0.1) is 0 Å². The van der Waals surface area contributed by atoms with Crippen molar-refractivity contribution in [3.63, 3.8) is 0 Å². The first-order chi connectivity index (χ1) is 11.6. The van der Waals surface area contributed by atoms with Crippen LogP contribution in [-0.4, -0.2) is 32.4 Å². The molecule has 0 heterocycles. The van der Waals surface area contributed by atoms with Gasteiger partial charge < -0.3 is 15.3 Å². The van der Waals surface area contributed by atoms with E-state index < -0.39 is 0 Å². The second-order valence-corrected chi connectivity index (χ2v) is 8.20. The van der Waals surface area contributed by atoms with Gasteiger partial charge in [-0.05, 0) is 67.8 Å². The number of aliphatic hydroxyl groups excluding tert-OH is 1. The summed E-state index contributed by atoms with van der Waals surface area (Å²) < 4.78 is 0. The minimum absolute atomic E-state index is 0.274. The molecule has 3 N–H and O–H groups in total. The maximum atomic E-state index is 10.3. The fourth-order valence-electron chi connectivity index (χ4n) is 2.29. The lowest BCUT2D eigenvalue weighted by atomic mass is 10.1. The number of phenolic OH excluding ortho intramolecular Hbond substituents is 2. The van der Waals surface area contributed by atoms with Crippen molar-refractivity contribution < 1.29 is 15.3 Å². The van der Waals surface area contributed by atoms with Crippen LogP contribution in [0.25, 0.3) is 0 Å². The Bertz CT molecular complexity index is 599. The van der Waals surface area contributed by atoms with Gasteiger partial charge in [0.15, 0.2) is 0 Å². The number of thioether (sulfide) groups is 2. The molecule has 0 aliphatic carbocycles. The Morgan fingerprint density at radius 2 is 1.42 bits per heavy atom. The van der Waals surface area contributed by atoms with Gasteiger partial charge in [0.05, 0.1) is 6.10 Å². The van der Waals surface area contributed by atoms with Crippen molar-refractivity contribution in [1.29, 1.82) is 0 Å². The molecule has 0 amide bonds. The first-order valence-corrected chi connectivity index (χ1v) is 9.99. The molecule has 0 aromatic heterocycles. The van der Waals surface area contributed by atoms with Gasteiger partial charge >= 0.3 is 0 Å². The highest BCUT2D eigenvalue weighted by Crippen LogP contribution is 2.30. The van der Waals surface area contributed by atoms with E-state index in [1.54, 1.807) is 47.8 Å². The standard InChI is InChI=1S/C19H24O3S2/c1-2-17(24-19-9-5-15(21)6-10-19)13-16(22)11-12-23-18-7-3-14(20)4-8-18/h3-10,16-17,20-22H,2,11-13H2,1H3. The van der Waals surface area contributed by atoms with Crippen molar-refractivity contribution >= 4 is 23.5 Å². The molecule has 0 spiro atoms. The third kappa shape index (κ3) is 6.67. The van der Waals surface area contributed by atoms with Gasteiger partial charge in [-0.25, -0.2) is 0 Å². The van der Waals surface area contributed by atoms with Crippen LogP contribution in [0.3, 0.4) is 0 Å². The first kappa shape index (κ1) is 19.0. The summed E-state index contributed by atoms with van der Waals surface area (Å²) >= 11 is 3.44. The Labute approximate surface area is 152 Å². The van der Waals surface area contributed by atoms with E-state index >= 15 is 0 Å². The molecule has 0 saturated heterocycles. The Hall–Kier alpha value is -1.30. The fraction of sp³-hybridized carbons (Fsp3) is 0.368. The summed E-state index contributed by atoms with van der Waals surface area (Å²) in [5.41, 5.74) is 0. The minimum atomic E-state index is -0.316. The van der Waals surface area contributed by atoms with Crippen LogP contribution in [0.1, 0.15) is 26.2 Å². The second-order valence-electron chi connectivity index (χ2n) is 5.66. The predicted octanol–water partition coefficient (Wildman–Crippen LogP) is 4.90. The van der Waals surface area contributed by atoms with Crippen LogP contribution in [-0.2, 0) is 0 Å². The van der Waals surface area contributed by atoms with E-state index in [0.717, 1.165) is 34.8 Å². The number of hydrogen-bond acceptors (Lipinski definition) is 5. The van der Waals surface area contributed by atoms with Crippen LogP contribution in [0.5, 0.6) is 11.5 Å². The summed E-state index contributed by atoms with van der Waals surface area (Å²) in [5, 5.41) is 29.3. The van der Waals surface area contributed by atoms with Crippen molar-refractivity contribution in [2.24, 2.45) is 0 Å². The van der Waals surface area contributed by atoms with Crippen LogP contribution in [0.4, 0.5) is 0 Å². The molecule has 2 rings (SSSR count). The van der Waals surface area contributed by atoms with Crippen molar-refractivity contribution in [3.05, 3.63) is 48.5 Å². The van der Waals surface area contributed by atoms with Gasteiger partial charge in [0, 0.05) is 20.8 Å². The van der Waals surface area contributed by atoms with E-state index in [-0.39, 0.29) is 17.6 Å². The van der Waals surface area contributed by atoms with E-state index in [2.05, 4.69) is 6.92 Å². The average Bonchev–Trinajstić information content (AvgIpc) is 2.58. The SMILES string of the molecule is CCC(CC(O)CCSc1ccc(O)cc1)Sc1ccc(O)cc1. The molecule has 2 atom stereocenters. The molecule has 0 bridgehead atoms. The molecule has 2 aromatic rings. The molecule has 0 aliphatic rings. The van der Waals surface area contributed by atoms with Crippen LogP contribution < -0.4 is 0 Å². The maximum absolute atomic E-state index is 10.3. The summed E-state index contributed by atoms with van der Waals surface area (Å²) in [6.07, 6.45) is 2.19. The molecular formula is C19H24O3S2. The molecule has 2 aromatic carbocycles. The van der Waals surface area contributed by atoms with Gasteiger partial charge in [0.1, 0.15) is 11.5 Å². The Morgan fingerprint density at radius 3 is 1.96 bits per heavy atom. The summed E-state index contributed by atoms with van der Waals surface area (Å²) in [5.74, 6) is 1.40. The number of hydrogen-bond donors (Lipinski definition) is 3. The summed E-state index contributed by atoms with van der Waals surface area (Å²) in [6, 6.07) is 14.4. The normalized spacial score (nSPS) is 13.6. The maximum Gasteiger partial charge on any atom is 0.115 e. The summed E-state index contributed by atoms with van der Waals surface area (Å²) in [4.78, 5) is 2.22. The van der Waals surface area contributed by atoms with Gasteiger partial charge in [0.2, 0.25) is 0 Å². The smallest absolute Gasteiger partial charge is 0.115 e. The van der Waals surface area contributed by atoms with E-state index in [1.165, 1.54) is 0 Å². The second kappa shape index (κ2) is 9.87. The largest absolute Gasteiger partial charge is 0.508 e. The van der Waals surface area contributed by atoms with E-state index in [0.29, 0.717) is 5.25 Å². The molecular weight excluding hydrogens is 340 g/mol. The zero-order chi connectivity index (χ0) is 17.4. The number of phenols is 2. The summed E-state index contributed by atoms with van der Waals surface area (Å²) in [7, 11) is 0. The van der Waals surface area contributed by atoms with Crippen molar-refractivity contribution in [2.75, 3.05) is 5.75 Å². The Morgan fingerprint density at radius 1 is 0.875 bits per heavy atom. The highest BCUT2D eigenvalue weighted by molar-refractivity contribution is 8.00. The van der Waals surface area contributed by atoms with Gasteiger partial charge in [-0.1, -0.05) is 6.92 Å². The molecule has 0 radical (unpaired) electrons. The lowest BCUT2D eigenvalue weighted by molar-refractivity contribution is 0.160. The van der Waals surface area contributed by atoms with E-state index in [1.807, 2.05) is 24.3 Å². The zero-order valence-corrected chi connectivity index (χ0v) is 15.4. The number of aromatic hydroxyl groups is 2. The topological polar surface area (TPSA) is 60.7 Å². The predicted molar refractivity (Wildman–Crippen MR) is 102 cm³/mol. The minimum Gasteiger partial charge on any atom is -0.508 e. The Balaban J connectivity index is 1.73. The van der Waals surface area contributed by atoms with Crippen molar-refractivity contribution in [1.82, 2.24) is 0 Å². The van der Waals surface area contributed by atoms with Crippen LogP contribution in [0.2, 0.25) is 0 Å². The van der Waals surface area contributed by atoms with Gasteiger partial charge in [-0.15, -0.1) is 23.5 Å². The van der Waals surface area contributed by atoms with Crippen molar-refractivity contribution in [2.45, 2.75) is 47.3 Å². The molecule has 24 heavy (non-hydrogen) atoms. The third-order valence-electron chi connectivity index (χ3n) is 3.69. The van der Waals surface area contributed by atoms with E-state index in [4.69, 9.17) is 0 Å². The highest BCUT2D eigenvalue weighted by Gasteiger charge is 2.14. The zero-order valence-electron chi connectivity index (χ0n) is 13.8. The number of rotatable bonds is 9. The van der Waals surface area contributed by atoms with E-state index in [9.17, 15) is 15.3 Å². The highest BCUT2D eigenvalue weighted by atomic mass is 32.2. The first-order valence-electron chi connectivity index (χ1n) is 8.12. The monoisotopic (exact) mass is 364 g/mol. The molecule has 0 saturated carbocycles. The fourth-order valence-corrected chi connectivity index (χ4v) is 4.41. The van der Waals surface area contributed by atoms with Crippen LogP contribution >= 0.6 is 23.5 Å². The quantitative estimate of drug-likeness (QED) is 0.552. The molecule has 130 valence electrons. The van der Waals surface area contributed by atoms with Crippen molar-refractivity contribution in [3.8, 4) is 11.5 Å². The van der Waals surface area contributed by atoms with Gasteiger partial charge in [-0.2, -0.15) is 0 Å². The lowest BCUT2D eigenvalue weighted by Crippen LogP contribution is -2.15. The molecule has 2 unspecified atom stereocenters. The molecule has 5 heteroatoms. The number of benzene rings is 2. The van der Waals surface area contributed by atoms with Gasteiger partial charge in [-0.3, -0.25) is 0 Å². The molecule has 0 fully saturated rings. The summed E-state index contributed by atoms with van der Waals surface area (Å²) in [6.45, 7) is 2.13. The molecule has 3 nitrogen and oxygen atoms in total. The number of aliphatic hydroxyl groups is 1.